The Morgan fingerprint density at radius 2 is 2.05 bits per heavy atom. The number of benzene rings is 1. The molecule has 1 fully saturated rings. The fourth-order valence-electron chi connectivity index (χ4n) is 2.35. The van der Waals surface area contributed by atoms with Crippen molar-refractivity contribution in [2.45, 2.75) is 18.9 Å². The van der Waals surface area contributed by atoms with Crippen LogP contribution in [0.1, 0.15) is 12.0 Å². The predicted molar refractivity (Wildman–Crippen MR) is 76.5 cm³/mol. The molecule has 1 amide bonds. The second kappa shape index (κ2) is 6.06. The van der Waals surface area contributed by atoms with Gasteiger partial charge in [0.05, 0.1) is 12.5 Å². The number of hydrogen-bond acceptors (Lipinski definition) is 3. The van der Waals surface area contributed by atoms with Crippen molar-refractivity contribution in [3.05, 3.63) is 29.8 Å². The molecule has 4 heteroatoms. The van der Waals surface area contributed by atoms with E-state index in [2.05, 4.69) is 4.90 Å². The van der Waals surface area contributed by atoms with E-state index in [0.29, 0.717) is 6.42 Å². The highest BCUT2D eigenvalue weighted by Gasteiger charge is 2.25. The molecular weight excluding hydrogens is 240 g/mol. The van der Waals surface area contributed by atoms with Gasteiger partial charge in [-0.05, 0) is 24.1 Å². The van der Waals surface area contributed by atoms with Gasteiger partial charge in [0.2, 0.25) is 5.91 Å². The Morgan fingerprint density at radius 1 is 1.37 bits per heavy atom. The number of rotatable bonds is 4. The van der Waals surface area contributed by atoms with Crippen LogP contribution in [0, 0.1) is 0 Å². The normalized spacial score (nSPS) is 18.7. The zero-order valence-electron chi connectivity index (χ0n) is 11.9. The predicted octanol–water partition coefficient (Wildman–Crippen LogP) is 1.54. The van der Waals surface area contributed by atoms with Crippen molar-refractivity contribution in [3.8, 4) is 0 Å². The smallest absolute Gasteiger partial charge is 0.227 e. The van der Waals surface area contributed by atoms with Gasteiger partial charge in [-0.2, -0.15) is 0 Å². The molecule has 1 heterocycles. The van der Waals surface area contributed by atoms with Crippen molar-refractivity contribution in [1.82, 2.24) is 4.90 Å². The average Bonchev–Trinajstić information content (AvgIpc) is 2.88. The number of hydrogen-bond donors (Lipinski definition) is 0. The number of ether oxygens (including phenoxy) is 1. The summed E-state index contributed by atoms with van der Waals surface area (Å²) in [5, 5.41) is 0. The van der Waals surface area contributed by atoms with E-state index in [1.165, 1.54) is 0 Å². The molecule has 0 spiro atoms. The molecular formula is C15H22N2O2. The Labute approximate surface area is 115 Å². The SMILES string of the molecule is CO[C@@H]1CCN(C(=O)Cc2ccc(N(C)C)cc2)C1. The Hall–Kier alpha value is -1.55. The summed E-state index contributed by atoms with van der Waals surface area (Å²) in [5.74, 6) is 0.192. The van der Waals surface area contributed by atoms with Crippen molar-refractivity contribution in [3.63, 3.8) is 0 Å². The molecule has 19 heavy (non-hydrogen) atoms. The summed E-state index contributed by atoms with van der Waals surface area (Å²) in [6.45, 7) is 1.54. The third-order valence-corrected chi connectivity index (χ3v) is 3.64. The van der Waals surface area contributed by atoms with Gasteiger partial charge in [0.1, 0.15) is 0 Å². The molecule has 0 radical (unpaired) electrons. The number of anilines is 1. The largest absolute Gasteiger partial charge is 0.380 e. The lowest BCUT2D eigenvalue weighted by atomic mass is 10.1. The van der Waals surface area contributed by atoms with E-state index in [0.717, 1.165) is 30.8 Å². The molecule has 1 aromatic carbocycles. The molecule has 0 aromatic heterocycles. The second-order valence-electron chi connectivity index (χ2n) is 5.22. The summed E-state index contributed by atoms with van der Waals surface area (Å²) in [7, 11) is 5.73. The third-order valence-electron chi connectivity index (χ3n) is 3.64. The maximum Gasteiger partial charge on any atom is 0.227 e. The molecule has 0 N–H and O–H groups in total. The Morgan fingerprint density at radius 3 is 2.58 bits per heavy atom. The second-order valence-corrected chi connectivity index (χ2v) is 5.22. The van der Waals surface area contributed by atoms with E-state index in [4.69, 9.17) is 4.74 Å². The lowest BCUT2D eigenvalue weighted by Gasteiger charge is -2.17. The molecule has 1 aromatic rings. The minimum atomic E-state index is 0.192. The summed E-state index contributed by atoms with van der Waals surface area (Å²) in [5.41, 5.74) is 2.22. The van der Waals surface area contributed by atoms with Gasteiger partial charge in [0.25, 0.3) is 0 Å². The van der Waals surface area contributed by atoms with Crippen molar-refractivity contribution in [1.29, 1.82) is 0 Å². The fourth-order valence-corrected chi connectivity index (χ4v) is 2.35. The van der Waals surface area contributed by atoms with Gasteiger partial charge < -0.3 is 14.5 Å². The summed E-state index contributed by atoms with van der Waals surface area (Å²) >= 11 is 0. The van der Waals surface area contributed by atoms with Gasteiger partial charge in [0.15, 0.2) is 0 Å². The number of nitrogens with zero attached hydrogens (tertiary/aromatic N) is 2. The van der Waals surface area contributed by atoms with Crippen LogP contribution >= 0.6 is 0 Å². The van der Waals surface area contributed by atoms with E-state index in [-0.39, 0.29) is 12.0 Å². The van der Waals surface area contributed by atoms with Gasteiger partial charge in [-0.15, -0.1) is 0 Å². The molecule has 0 unspecified atom stereocenters. The molecule has 1 saturated heterocycles. The molecule has 0 saturated carbocycles. The first-order valence-corrected chi connectivity index (χ1v) is 6.67. The first kappa shape index (κ1) is 13.9. The van der Waals surface area contributed by atoms with Crippen LogP contribution in [0.3, 0.4) is 0 Å². The first-order chi connectivity index (χ1) is 9.10. The van der Waals surface area contributed by atoms with Gasteiger partial charge in [-0.25, -0.2) is 0 Å². The third kappa shape index (κ3) is 3.47. The molecule has 104 valence electrons. The Kier molecular flexibility index (Phi) is 4.43. The van der Waals surface area contributed by atoms with Crippen LogP contribution in [0.4, 0.5) is 5.69 Å². The molecule has 0 bridgehead atoms. The molecule has 4 nitrogen and oxygen atoms in total. The van der Waals surface area contributed by atoms with Crippen LogP contribution in [-0.2, 0) is 16.0 Å². The van der Waals surface area contributed by atoms with E-state index >= 15 is 0 Å². The van der Waals surface area contributed by atoms with Gasteiger partial charge in [0, 0.05) is 40.0 Å². The quantitative estimate of drug-likeness (QED) is 0.825. The van der Waals surface area contributed by atoms with Crippen LogP contribution < -0.4 is 4.90 Å². The zero-order valence-corrected chi connectivity index (χ0v) is 11.9. The molecule has 0 aliphatic carbocycles. The van der Waals surface area contributed by atoms with Gasteiger partial charge in [-0.1, -0.05) is 12.1 Å². The van der Waals surface area contributed by atoms with Crippen LogP contribution in [0.2, 0.25) is 0 Å². The van der Waals surface area contributed by atoms with E-state index in [1.807, 2.05) is 43.3 Å². The topological polar surface area (TPSA) is 32.8 Å². The lowest BCUT2D eigenvalue weighted by Crippen LogP contribution is -2.31. The molecule has 1 atom stereocenters. The minimum Gasteiger partial charge on any atom is -0.380 e. The number of likely N-dealkylation sites (tertiary alicyclic amines) is 1. The van der Waals surface area contributed by atoms with Crippen LogP contribution in [-0.4, -0.2) is 51.2 Å². The van der Waals surface area contributed by atoms with E-state index < -0.39 is 0 Å². The minimum absolute atomic E-state index is 0.192. The maximum absolute atomic E-state index is 12.2. The van der Waals surface area contributed by atoms with E-state index in [1.54, 1.807) is 7.11 Å². The number of methoxy groups -OCH3 is 1. The van der Waals surface area contributed by atoms with Crippen molar-refractivity contribution in [2.24, 2.45) is 0 Å². The zero-order chi connectivity index (χ0) is 13.8. The van der Waals surface area contributed by atoms with Gasteiger partial charge in [-0.3, -0.25) is 4.79 Å². The van der Waals surface area contributed by atoms with E-state index in [9.17, 15) is 4.79 Å². The maximum atomic E-state index is 12.2. The summed E-state index contributed by atoms with van der Waals surface area (Å²) < 4.78 is 5.28. The summed E-state index contributed by atoms with van der Waals surface area (Å²) in [4.78, 5) is 16.1. The van der Waals surface area contributed by atoms with Crippen molar-refractivity contribution in [2.75, 3.05) is 39.2 Å². The highest BCUT2D eigenvalue weighted by molar-refractivity contribution is 5.79. The van der Waals surface area contributed by atoms with Crippen LogP contribution in [0.5, 0.6) is 0 Å². The van der Waals surface area contributed by atoms with Crippen LogP contribution in [0.25, 0.3) is 0 Å². The first-order valence-electron chi connectivity index (χ1n) is 6.67. The highest BCUT2D eigenvalue weighted by atomic mass is 16.5. The summed E-state index contributed by atoms with van der Waals surface area (Å²) in [6.07, 6.45) is 1.63. The Balaban J connectivity index is 1.92. The monoisotopic (exact) mass is 262 g/mol. The van der Waals surface area contributed by atoms with Crippen molar-refractivity contribution >= 4 is 11.6 Å². The van der Waals surface area contributed by atoms with Gasteiger partial charge >= 0.3 is 0 Å². The number of carbonyl (C=O) groups is 1. The standard InChI is InChI=1S/C15H22N2O2/c1-16(2)13-6-4-12(5-7-13)10-15(18)17-9-8-14(11-17)19-3/h4-7,14H,8-11H2,1-3H3/t14-/m1/s1. The van der Waals surface area contributed by atoms with Crippen LogP contribution in [0.15, 0.2) is 24.3 Å². The fraction of sp³-hybridized carbons (Fsp3) is 0.533. The molecule has 1 aliphatic rings. The number of carbonyl (C=O) groups excluding carboxylic acids is 1. The Bertz CT molecular complexity index is 428. The highest BCUT2D eigenvalue weighted by Crippen LogP contribution is 2.16. The number of amides is 1. The van der Waals surface area contributed by atoms with Crippen molar-refractivity contribution < 1.29 is 9.53 Å². The summed E-state index contributed by atoms with van der Waals surface area (Å²) in [6, 6.07) is 8.14. The average molecular weight is 262 g/mol. The lowest BCUT2D eigenvalue weighted by molar-refractivity contribution is -0.129. The molecule has 1 aliphatic heterocycles. The molecule has 2 rings (SSSR count).